The summed E-state index contributed by atoms with van der Waals surface area (Å²) in [6, 6.07) is 0. The predicted molar refractivity (Wildman–Crippen MR) is 102 cm³/mol. The van der Waals surface area contributed by atoms with Crippen molar-refractivity contribution in [3.8, 4) is 0 Å². The van der Waals surface area contributed by atoms with Crippen molar-refractivity contribution in [3.63, 3.8) is 0 Å². The summed E-state index contributed by atoms with van der Waals surface area (Å²) in [5.41, 5.74) is -0.0318. The number of carbonyl (C=O) groups excluding carboxylic acids is 2. The number of amides is 2. The molecule has 0 atom stereocenters. The molecule has 2 bridgehead atoms. The first-order valence-electron chi connectivity index (χ1n) is 10.4. The van der Waals surface area contributed by atoms with Crippen LogP contribution in [0, 0.1) is 5.41 Å². The molecule has 8 nitrogen and oxygen atoms in total. The predicted octanol–water partition coefficient (Wildman–Crippen LogP) is 0.294. The van der Waals surface area contributed by atoms with E-state index in [9.17, 15) is 9.59 Å². The Hall–Kier alpha value is -1.93. The minimum Gasteiger partial charge on any atom is -0.365 e. The van der Waals surface area contributed by atoms with Crippen molar-refractivity contribution >= 4 is 11.8 Å². The van der Waals surface area contributed by atoms with Crippen molar-refractivity contribution in [1.82, 2.24) is 25.7 Å². The Morgan fingerprint density at radius 1 is 1.32 bits per heavy atom. The van der Waals surface area contributed by atoms with E-state index in [4.69, 9.17) is 4.74 Å². The SMILES string of the molecule is CNC(=O)C12CC(CNC(=O)Cn3cc(C4CC4)cn3)(C1)OC21CCNCC1. The Bertz CT molecular complexity index is 788. The van der Waals surface area contributed by atoms with Gasteiger partial charge in [0.1, 0.15) is 6.54 Å². The van der Waals surface area contributed by atoms with Crippen LogP contribution < -0.4 is 16.0 Å². The molecule has 28 heavy (non-hydrogen) atoms. The van der Waals surface area contributed by atoms with Crippen LogP contribution in [0.5, 0.6) is 0 Å². The molecule has 3 N–H and O–H groups in total. The minimum absolute atomic E-state index is 0.0628. The summed E-state index contributed by atoms with van der Waals surface area (Å²) < 4.78 is 8.29. The maximum atomic E-state index is 12.7. The van der Waals surface area contributed by atoms with Crippen LogP contribution >= 0.6 is 0 Å². The van der Waals surface area contributed by atoms with Gasteiger partial charge in [-0.2, -0.15) is 5.10 Å². The smallest absolute Gasteiger partial charge is 0.241 e. The highest BCUT2D eigenvalue weighted by Gasteiger charge is 2.77. The van der Waals surface area contributed by atoms with E-state index in [1.54, 1.807) is 11.7 Å². The largest absolute Gasteiger partial charge is 0.365 e. The molecule has 6 rings (SSSR count). The Balaban J connectivity index is 1.22. The van der Waals surface area contributed by atoms with Crippen LogP contribution in [0.1, 0.15) is 50.0 Å². The van der Waals surface area contributed by atoms with Gasteiger partial charge in [0, 0.05) is 19.8 Å². The Labute approximate surface area is 164 Å². The normalized spacial score (nSPS) is 32.8. The zero-order chi connectivity index (χ0) is 19.4. The van der Waals surface area contributed by atoms with Gasteiger partial charge in [-0.05, 0) is 63.1 Å². The fraction of sp³-hybridized carbons (Fsp3) is 0.750. The first kappa shape index (κ1) is 18.1. The monoisotopic (exact) mass is 387 g/mol. The topological polar surface area (TPSA) is 97.3 Å². The first-order valence-corrected chi connectivity index (χ1v) is 10.4. The van der Waals surface area contributed by atoms with E-state index in [1.165, 1.54) is 18.4 Å². The molecule has 2 saturated carbocycles. The van der Waals surface area contributed by atoms with Crippen molar-refractivity contribution in [3.05, 3.63) is 18.0 Å². The summed E-state index contributed by atoms with van der Waals surface area (Å²) in [6.07, 6.45) is 9.35. The highest BCUT2D eigenvalue weighted by molar-refractivity contribution is 5.86. The number of hydrogen-bond acceptors (Lipinski definition) is 5. The molecule has 0 aromatic carbocycles. The lowest BCUT2D eigenvalue weighted by Crippen LogP contribution is -2.61. The van der Waals surface area contributed by atoms with E-state index in [1.807, 2.05) is 12.4 Å². The summed E-state index contributed by atoms with van der Waals surface area (Å²) >= 11 is 0. The van der Waals surface area contributed by atoms with Crippen LogP contribution in [0.2, 0.25) is 0 Å². The number of piperidine rings is 1. The average molecular weight is 387 g/mol. The minimum atomic E-state index is -0.449. The van der Waals surface area contributed by atoms with Gasteiger partial charge in [0.2, 0.25) is 11.8 Å². The number of aromatic nitrogens is 2. The van der Waals surface area contributed by atoms with Gasteiger partial charge >= 0.3 is 0 Å². The maximum absolute atomic E-state index is 12.7. The van der Waals surface area contributed by atoms with Gasteiger partial charge in [-0.3, -0.25) is 14.3 Å². The zero-order valence-corrected chi connectivity index (χ0v) is 16.4. The van der Waals surface area contributed by atoms with Gasteiger partial charge in [0.25, 0.3) is 0 Å². The second-order valence-electron chi connectivity index (χ2n) is 9.07. The zero-order valence-electron chi connectivity index (χ0n) is 16.4. The Kier molecular flexibility index (Phi) is 4.07. The lowest BCUT2D eigenvalue weighted by atomic mass is 9.53. The summed E-state index contributed by atoms with van der Waals surface area (Å²) in [6.45, 7) is 2.41. The van der Waals surface area contributed by atoms with Crippen molar-refractivity contribution in [2.75, 3.05) is 26.7 Å². The van der Waals surface area contributed by atoms with Crippen LogP contribution in [0.15, 0.2) is 12.4 Å². The third-order valence-corrected chi connectivity index (χ3v) is 7.22. The molecule has 1 spiro atoms. The second kappa shape index (κ2) is 6.29. The number of nitrogens with zero attached hydrogens (tertiary/aromatic N) is 2. The highest BCUT2D eigenvalue weighted by Crippen LogP contribution is 2.68. The molecule has 1 aromatic rings. The van der Waals surface area contributed by atoms with Crippen LogP contribution in [-0.4, -0.2) is 59.5 Å². The van der Waals surface area contributed by atoms with E-state index in [-0.39, 0.29) is 18.4 Å². The quantitative estimate of drug-likeness (QED) is 0.652. The third kappa shape index (κ3) is 2.69. The number of hydrogen-bond donors (Lipinski definition) is 3. The van der Waals surface area contributed by atoms with Crippen LogP contribution in [0.25, 0.3) is 0 Å². The molecule has 0 radical (unpaired) electrons. The standard InChI is InChI=1S/C20H29N5O3/c1-21-17(27)19-11-18(12-19,28-20(19)4-6-22-7-5-20)13-23-16(26)10-25-9-15(8-24-25)14-2-3-14/h8-9,14,22H,2-7,10-13H2,1H3,(H,21,27)(H,23,26). The molecule has 152 valence electrons. The summed E-state index contributed by atoms with van der Waals surface area (Å²) in [5, 5.41) is 13.5. The lowest BCUT2D eigenvalue weighted by Gasteiger charge is -2.47. The van der Waals surface area contributed by atoms with E-state index in [0.717, 1.165) is 25.9 Å². The third-order valence-electron chi connectivity index (χ3n) is 7.22. The molecule has 0 unspecified atom stereocenters. The number of ether oxygens (including phenoxy) is 1. The molecule has 3 aliphatic heterocycles. The average Bonchev–Trinajstić information content (AvgIpc) is 3.29. The fourth-order valence-corrected chi connectivity index (χ4v) is 5.69. The van der Waals surface area contributed by atoms with E-state index >= 15 is 0 Å². The highest BCUT2D eigenvalue weighted by atomic mass is 16.5. The van der Waals surface area contributed by atoms with Gasteiger partial charge < -0.3 is 20.7 Å². The molecular formula is C20H29N5O3. The summed E-state index contributed by atoms with van der Waals surface area (Å²) in [7, 11) is 1.70. The molecule has 2 amide bonds. The van der Waals surface area contributed by atoms with Gasteiger partial charge in [0.15, 0.2) is 0 Å². The van der Waals surface area contributed by atoms with Gasteiger partial charge in [-0.25, -0.2) is 0 Å². The van der Waals surface area contributed by atoms with Crippen LogP contribution in [0.4, 0.5) is 0 Å². The van der Waals surface area contributed by atoms with Crippen molar-refractivity contribution < 1.29 is 14.3 Å². The number of nitrogens with one attached hydrogen (secondary N) is 3. The molecular weight excluding hydrogens is 358 g/mol. The number of rotatable bonds is 6. The van der Waals surface area contributed by atoms with Gasteiger partial charge in [-0.1, -0.05) is 0 Å². The van der Waals surface area contributed by atoms with E-state index < -0.39 is 16.6 Å². The van der Waals surface area contributed by atoms with E-state index in [2.05, 4.69) is 21.0 Å². The molecule has 8 heteroatoms. The van der Waals surface area contributed by atoms with Crippen LogP contribution in [-0.2, 0) is 20.9 Å². The molecule has 1 aromatic heterocycles. The Morgan fingerprint density at radius 2 is 2.07 bits per heavy atom. The Morgan fingerprint density at radius 3 is 2.75 bits per heavy atom. The summed E-state index contributed by atoms with van der Waals surface area (Å²) in [4.78, 5) is 25.2. The van der Waals surface area contributed by atoms with Crippen molar-refractivity contribution in [2.45, 2.75) is 62.2 Å². The lowest BCUT2D eigenvalue weighted by molar-refractivity contribution is -0.140. The van der Waals surface area contributed by atoms with Gasteiger partial charge in [0.05, 0.1) is 22.8 Å². The summed E-state index contributed by atoms with van der Waals surface area (Å²) in [5.74, 6) is 0.654. The van der Waals surface area contributed by atoms with Crippen LogP contribution in [0.3, 0.4) is 0 Å². The second-order valence-corrected chi connectivity index (χ2v) is 9.07. The molecule has 4 heterocycles. The molecule has 5 aliphatic rings. The molecule has 5 fully saturated rings. The molecule has 3 saturated heterocycles. The van der Waals surface area contributed by atoms with Crippen molar-refractivity contribution in [2.24, 2.45) is 5.41 Å². The van der Waals surface area contributed by atoms with Crippen molar-refractivity contribution in [1.29, 1.82) is 0 Å². The van der Waals surface area contributed by atoms with E-state index in [0.29, 0.717) is 25.3 Å². The molecule has 2 aliphatic carbocycles. The fourth-order valence-electron chi connectivity index (χ4n) is 5.69. The van der Waals surface area contributed by atoms with Gasteiger partial charge in [-0.15, -0.1) is 0 Å². The number of carbonyl (C=O) groups is 2. The first-order chi connectivity index (χ1) is 13.5. The maximum Gasteiger partial charge on any atom is 0.241 e.